The van der Waals surface area contributed by atoms with E-state index in [1.165, 1.54) is 23.5 Å². The highest BCUT2D eigenvalue weighted by molar-refractivity contribution is 7.99. The first-order chi connectivity index (χ1) is 7.36. The Labute approximate surface area is 93.7 Å². The molecule has 0 saturated heterocycles. The van der Waals surface area contributed by atoms with E-state index in [4.69, 9.17) is 4.98 Å². The summed E-state index contributed by atoms with van der Waals surface area (Å²) in [5.41, 5.74) is 2.43. The average molecular weight is 218 g/mol. The van der Waals surface area contributed by atoms with Gasteiger partial charge in [-0.3, -0.25) is 0 Å². The SMILES string of the molecule is CC1SCCCn2c1nc1ccccc12. The van der Waals surface area contributed by atoms with E-state index in [1.54, 1.807) is 0 Å². The van der Waals surface area contributed by atoms with Crippen molar-refractivity contribution < 1.29 is 0 Å². The molecule has 0 spiro atoms. The number of rotatable bonds is 0. The van der Waals surface area contributed by atoms with Crippen LogP contribution in [0.3, 0.4) is 0 Å². The fraction of sp³-hybridized carbons (Fsp3) is 0.417. The summed E-state index contributed by atoms with van der Waals surface area (Å²) in [5, 5.41) is 0.528. The lowest BCUT2D eigenvalue weighted by Crippen LogP contribution is -2.02. The smallest absolute Gasteiger partial charge is 0.122 e. The number of imidazole rings is 1. The third-order valence-electron chi connectivity index (χ3n) is 2.94. The fourth-order valence-corrected chi connectivity index (χ4v) is 3.18. The molecule has 0 amide bonds. The van der Waals surface area contributed by atoms with Crippen molar-refractivity contribution in [2.24, 2.45) is 0 Å². The molecule has 1 aliphatic heterocycles. The Morgan fingerprint density at radius 1 is 1.40 bits per heavy atom. The van der Waals surface area contributed by atoms with Gasteiger partial charge in [0.25, 0.3) is 0 Å². The number of aryl methyl sites for hydroxylation is 1. The van der Waals surface area contributed by atoms with Crippen LogP contribution >= 0.6 is 11.8 Å². The van der Waals surface area contributed by atoms with Crippen molar-refractivity contribution in [3.8, 4) is 0 Å². The molecule has 15 heavy (non-hydrogen) atoms. The zero-order valence-corrected chi connectivity index (χ0v) is 9.63. The van der Waals surface area contributed by atoms with Crippen LogP contribution in [0.4, 0.5) is 0 Å². The summed E-state index contributed by atoms with van der Waals surface area (Å²) < 4.78 is 2.39. The number of hydrogen-bond acceptors (Lipinski definition) is 2. The molecule has 1 aromatic heterocycles. The first kappa shape index (κ1) is 9.28. The third kappa shape index (κ3) is 1.46. The van der Waals surface area contributed by atoms with E-state index in [9.17, 15) is 0 Å². The topological polar surface area (TPSA) is 17.8 Å². The first-order valence-electron chi connectivity index (χ1n) is 5.43. The van der Waals surface area contributed by atoms with Gasteiger partial charge in [-0.1, -0.05) is 12.1 Å². The second-order valence-electron chi connectivity index (χ2n) is 3.98. The van der Waals surface area contributed by atoms with Gasteiger partial charge in [-0.05, 0) is 31.2 Å². The molecule has 1 atom stereocenters. The molecule has 0 N–H and O–H groups in total. The summed E-state index contributed by atoms with van der Waals surface area (Å²) >= 11 is 2.01. The lowest BCUT2D eigenvalue weighted by molar-refractivity contribution is 0.674. The van der Waals surface area contributed by atoms with Crippen LogP contribution in [0.25, 0.3) is 11.0 Å². The van der Waals surface area contributed by atoms with E-state index in [1.807, 2.05) is 11.8 Å². The van der Waals surface area contributed by atoms with E-state index in [2.05, 4.69) is 35.8 Å². The van der Waals surface area contributed by atoms with E-state index in [0.29, 0.717) is 5.25 Å². The molecule has 2 nitrogen and oxygen atoms in total. The van der Waals surface area contributed by atoms with Crippen molar-refractivity contribution in [3.05, 3.63) is 30.1 Å². The van der Waals surface area contributed by atoms with E-state index < -0.39 is 0 Å². The maximum absolute atomic E-state index is 4.74. The maximum Gasteiger partial charge on any atom is 0.122 e. The molecule has 1 unspecified atom stereocenters. The maximum atomic E-state index is 4.74. The highest BCUT2D eigenvalue weighted by Crippen LogP contribution is 2.33. The zero-order chi connectivity index (χ0) is 10.3. The molecular formula is C12H14N2S. The Morgan fingerprint density at radius 3 is 3.20 bits per heavy atom. The van der Waals surface area contributed by atoms with Gasteiger partial charge in [0.2, 0.25) is 0 Å². The summed E-state index contributed by atoms with van der Waals surface area (Å²) in [5.74, 6) is 2.50. The minimum absolute atomic E-state index is 0.528. The minimum Gasteiger partial charge on any atom is -0.327 e. The summed E-state index contributed by atoms with van der Waals surface area (Å²) in [6.45, 7) is 3.38. The third-order valence-corrected chi connectivity index (χ3v) is 4.18. The van der Waals surface area contributed by atoms with Crippen molar-refractivity contribution in [2.45, 2.75) is 25.1 Å². The van der Waals surface area contributed by atoms with Crippen LogP contribution in [0.15, 0.2) is 24.3 Å². The molecule has 3 rings (SSSR count). The van der Waals surface area contributed by atoms with Gasteiger partial charge in [-0.2, -0.15) is 11.8 Å². The van der Waals surface area contributed by atoms with Gasteiger partial charge in [0.05, 0.1) is 16.3 Å². The molecule has 0 saturated carbocycles. The molecule has 0 aliphatic carbocycles. The highest BCUT2D eigenvalue weighted by Gasteiger charge is 2.19. The molecule has 0 fully saturated rings. The van der Waals surface area contributed by atoms with Crippen LogP contribution in [0.5, 0.6) is 0 Å². The molecule has 1 aromatic carbocycles. The number of aromatic nitrogens is 2. The van der Waals surface area contributed by atoms with E-state index in [-0.39, 0.29) is 0 Å². The van der Waals surface area contributed by atoms with Gasteiger partial charge in [0.15, 0.2) is 0 Å². The Kier molecular flexibility index (Phi) is 2.20. The standard InChI is InChI=1S/C12H14N2S/c1-9-12-13-10-5-2-3-6-11(10)14(12)7-4-8-15-9/h2-3,5-6,9H,4,7-8H2,1H3. The number of thioether (sulfide) groups is 1. The fourth-order valence-electron chi connectivity index (χ4n) is 2.20. The average Bonchev–Trinajstić information content (AvgIpc) is 2.54. The van der Waals surface area contributed by atoms with Crippen LogP contribution in [-0.2, 0) is 6.54 Å². The van der Waals surface area contributed by atoms with Crippen LogP contribution in [0.1, 0.15) is 24.4 Å². The second kappa shape index (κ2) is 3.56. The van der Waals surface area contributed by atoms with Gasteiger partial charge in [-0.25, -0.2) is 4.98 Å². The highest BCUT2D eigenvalue weighted by atomic mass is 32.2. The number of nitrogens with zero attached hydrogens (tertiary/aromatic N) is 2. The molecule has 0 bridgehead atoms. The van der Waals surface area contributed by atoms with Crippen LogP contribution in [0.2, 0.25) is 0 Å². The van der Waals surface area contributed by atoms with Gasteiger partial charge >= 0.3 is 0 Å². The lowest BCUT2D eigenvalue weighted by Gasteiger charge is -2.07. The molecule has 2 aromatic rings. The molecule has 2 heterocycles. The lowest BCUT2D eigenvalue weighted by atomic mass is 10.3. The number of hydrogen-bond donors (Lipinski definition) is 0. The molecule has 1 aliphatic rings. The van der Waals surface area contributed by atoms with Crippen molar-refractivity contribution >= 4 is 22.8 Å². The summed E-state index contributed by atoms with van der Waals surface area (Å²) in [6, 6.07) is 8.44. The number of benzene rings is 1. The van der Waals surface area contributed by atoms with Crippen LogP contribution in [-0.4, -0.2) is 15.3 Å². The Morgan fingerprint density at radius 2 is 2.27 bits per heavy atom. The van der Waals surface area contributed by atoms with Gasteiger partial charge in [0.1, 0.15) is 5.82 Å². The first-order valence-corrected chi connectivity index (χ1v) is 6.48. The van der Waals surface area contributed by atoms with Gasteiger partial charge in [-0.15, -0.1) is 0 Å². The molecule has 78 valence electrons. The predicted molar refractivity (Wildman–Crippen MR) is 65.2 cm³/mol. The normalized spacial score (nSPS) is 21.3. The van der Waals surface area contributed by atoms with Crippen molar-refractivity contribution in [1.82, 2.24) is 9.55 Å². The summed E-state index contributed by atoms with van der Waals surface area (Å²) in [4.78, 5) is 4.74. The number of fused-ring (bicyclic) bond motifs is 3. The Bertz CT molecular complexity index is 489. The van der Waals surface area contributed by atoms with Crippen molar-refractivity contribution in [3.63, 3.8) is 0 Å². The van der Waals surface area contributed by atoms with E-state index >= 15 is 0 Å². The number of para-hydroxylation sites is 2. The quantitative estimate of drug-likeness (QED) is 0.675. The molecular weight excluding hydrogens is 204 g/mol. The van der Waals surface area contributed by atoms with Crippen molar-refractivity contribution in [1.29, 1.82) is 0 Å². The Hall–Kier alpha value is -0.960. The predicted octanol–water partition coefficient (Wildman–Crippen LogP) is 3.23. The van der Waals surface area contributed by atoms with E-state index in [0.717, 1.165) is 12.1 Å². The minimum atomic E-state index is 0.528. The zero-order valence-electron chi connectivity index (χ0n) is 8.81. The Balaban J connectivity index is 2.26. The van der Waals surface area contributed by atoms with Gasteiger partial charge < -0.3 is 4.57 Å². The van der Waals surface area contributed by atoms with Crippen LogP contribution in [0, 0.1) is 0 Å². The van der Waals surface area contributed by atoms with Crippen molar-refractivity contribution in [2.75, 3.05) is 5.75 Å². The van der Waals surface area contributed by atoms with Gasteiger partial charge in [0, 0.05) is 6.54 Å². The summed E-state index contributed by atoms with van der Waals surface area (Å²) in [7, 11) is 0. The monoisotopic (exact) mass is 218 g/mol. The van der Waals surface area contributed by atoms with Crippen LogP contribution < -0.4 is 0 Å². The molecule has 0 radical (unpaired) electrons. The largest absolute Gasteiger partial charge is 0.327 e. The molecule has 3 heteroatoms. The second-order valence-corrected chi connectivity index (χ2v) is 5.43. The summed E-state index contributed by atoms with van der Waals surface area (Å²) in [6.07, 6.45) is 1.25.